The number of nitrogens with zero attached hydrogens (tertiary/aromatic N) is 4. The third kappa shape index (κ3) is 4.28. The standard InChI is InChI=1S/C24H22ClN5O3/c1-14-21(23(27)31)22(28-30(14)19-5-3-18(25)4-6-19)16-2-7-20(17(12-16)13-26)29-10-8-15(9-11-29)24(32)33/h2-7,12,15H,8-11H2,1H3,(H2,27,31)(H,32,33). The Morgan fingerprint density at radius 1 is 1.18 bits per heavy atom. The molecule has 3 aromatic rings. The number of carbonyl (C=O) groups excluding carboxylic acids is 1. The molecule has 1 fully saturated rings. The minimum atomic E-state index is -0.781. The molecule has 9 heteroatoms. The van der Waals surface area contributed by atoms with Gasteiger partial charge >= 0.3 is 5.97 Å². The summed E-state index contributed by atoms with van der Waals surface area (Å²) in [4.78, 5) is 25.6. The molecule has 1 aliphatic rings. The van der Waals surface area contributed by atoms with Crippen molar-refractivity contribution >= 4 is 29.2 Å². The number of halogens is 1. The average molecular weight is 464 g/mol. The maximum absolute atomic E-state index is 12.3. The number of carboxylic acids is 1. The molecule has 0 radical (unpaired) electrons. The van der Waals surface area contributed by atoms with Crippen molar-refractivity contribution in [2.24, 2.45) is 11.7 Å². The van der Waals surface area contributed by atoms with Crippen LogP contribution in [0.4, 0.5) is 5.69 Å². The molecule has 1 aromatic heterocycles. The fraction of sp³-hybridized carbons (Fsp3) is 0.250. The van der Waals surface area contributed by atoms with Gasteiger partial charge in [0, 0.05) is 23.7 Å². The number of hydrogen-bond donors (Lipinski definition) is 2. The summed E-state index contributed by atoms with van der Waals surface area (Å²) >= 11 is 5.99. The number of nitrogens with two attached hydrogens (primary N) is 1. The highest BCUT2D eigenvalue weighted by atomic mass is 35.5. The second kappa shape index (κ2) is 8.96. The van der Waals surface area contributed by atoms with E-state index < -0.39 is 11.9 Å². The molecule has 0 bridgehead atoms. The van der Waals surface area contributed by atoms with Gasteiger partial charge < -0.3 is 15.7 Å². The Bertz CT molecular complexity index is 1270. The molecule has 0 unspecified atom stereocenters. The molecule has 1 amide bonds. The predicted molar refractivity (Wildman–Crippen MR) is 125 cm³/mol. The minimum absolute atomic E-state index is 0.281. The number of carboxylic acid groups (broad SMARTS) is 1. The van der Waals surface area contributed by atoms with Crippen LogP contribution in [0.15, 0.2) is 42.5 Å². The lowest BCUT2D eigenvalue weighted by atomic mass is 9.95. The molecule has 0 spiro atoms. The van der Waals surface area contributed by atoms with Gasteiger partial charge in [0.2, 0.25) is 0 Å². The first-order valence-electron chi connectivity index (χ1n) is 10.5. The smallest absolute Gasteiger partial charge is 0.306 e. The van der Waals surface area contributed by atoms with Crippen LogP contribution < -0.4 is 10.6 Å². The van der Waals surface area contributed by atoms with E-state index in [1.54, 1.807) is 48.0 Å². The van der Waals surface area contributed by atoms with Crippen LogP contribution in [0.1, 0.15) is 34.5 Å². The van der Waals surface area contributed by atoms with E-state index in [9.17, 15) is 20.0 Å². The van der Waals surface area contributed by atoms with Gasteiger partial charge in [0.25, 0.3) is 5.91 Å². The molecule has 8 nitrogen and oxygen atoms in total. The van der Waals surface area contributed by atoms with Crippen molar-refractivity contribution in [3.05, 3.63) is 64.3 Å². The van der Waals surface area contributed by atoms with Gasteiger partial charge in [-0.1, -0.05) is 17.7 Å². The van der Waals surface area contributed by atoms with Crippen LogP contribution in [0, 0.1) is 24.2 Å². The Balaban J connectivity index is 1.73. The van der Waals surface area contributed by atoms with Gasteiger partial charge in [0.15, 0.2) is 0 Å². The number of aromatic nitrogens is 2. The number of carbonyl (C=O) groups is 2. The zero-order valence-electron chi connectivity index (χ0n) is 18.0. The molecule has 2 aromatic carbocycles. The first-order chi connectivity index (χ1) is 15.8. The van der Waals surface area contributed by atoms with Crippen LogP contribution in [-0.2, 0) is 4.79 Å². The predicted octanol–water partition coefficient (Wildman–Crippen LogP) is 3.77. The highest BCUT2D eigenvalue weighted by molar-refractivity contribution is 6.30. The van der Waals surface area contributed by atoms with E-state index in [2.05, 4.69) is 11.2 Å². The molecule has 2 heterocycles. The van der Waals surface area contributed by atoms with Crippen LogP contribution in [0.5, 0.6) is 0 Å². The Morgan fingerprint density at radius 3 is 2.42 bits per heavy atom. The van der Waals surface area contributed by atoms with E-state index in [0.29, 0.717) is 53.5 Å². The molecule has 1 aliphatic heterocycles. The molecule has 0 saturated carbocycles. The monoisotopic (exact) mass is 463 g/mol. The van der Waals surface area contributed by atoms with Crippen molar-refractivity contribution in [2.75, 3.05) is 18.0 Å². The zero-order chi connectivity index (χ0) is 23.7. The van der Waals surface area contributed by atoms with Crippen molar-refractivity contribution in [1.82, 2.24) is 9.78 Å². The number of piperidine rings is 1. The average Bonchev–Trinajstić information content (AvgIpc) is 3.16. The molecule has 0 aliphatic carbocycles. The minimum Gasteiger partial charge on any atom is -0.481 e. The Kier molecular flexibility index (Phi) is 6.07. The molecule has 0 atom stereocenters. The first-order valence-corrected chi connectivity index (χ1v) is 10.9. The SMILES string of the molecule is Cc1c(C(N)=O)c(-c2ccc(N3CCC(C(=O)O)CC3)c(C#N)c2)nn1-c1ccc(Cl)cc1. The summed E-state index contributed by atoms with van der Waals surface area (Å²) in [5.41, 5.74) is 9.43. The van der Waals surface area contributed by atoms with Gasteiger partial charge in [-0.25, -0.2) is 4.68 Å². The van der Waals surface area contributed by atoms with Gasteiger partial charge in [-0.15, -0.1) is 0 Å². The summed E-state index contributed by atoms with van der Waals surface area (Å²) in [6, 6.07) is 14.6. The maximum atomic E-state index is 12.3. The summed E-state index contributed by atoms with van der Waals surface area (Å²) in [7, 11) is 0. The third-order valence-electron chi connectivity index (χ3n) is 6.01. The molecule has 4 rings (SSSR count). The summed E-state index contributed by atoms with van der Waals surface area (Å²) in [6.45, 7) is 2.88. The highest BCUT2D eigenvalue weighted by Crippen LogP contribution is 2.33. The first kappa shape index (κ1) is 22.4. The molecule has 33 heavy (non-hydrogen) atoms. The summed E-state index contributed by atoms with van der Waals surface area (Å²) < 4.78 is 1.63. The molecule has 3 N–H and O–H groups in total. The summed E-state index contributed by atoms with van der Waals surface area (Å²) in [5, 5.41) is 24.2. The van der Waals surface area contributed by atoms with E-state index in [1.165, 1.54) is 0 Å². The lowest BCUT2D eigenvalue weighted by Gasteiger charge is -2.32. The lowest BCUT2D eigenvalue weighted by Crippen LogP contribution is -2.36. The number of rotatable bonds is 5. The maximum Gasteiger partial charge on any atom is 0.306 e. The van der Waals surface area contributed by atoms with Crippen LogP contribution in [0.25, 0.3) is 16.9 Å². The molecule has 168 valence electrons. The van der Waals surface area contributed by atoms with Gasteiger partial charge in [0.05, 0.1) is 34.1 Å². The van der Waals surface area contributed by atoms with Crippen molar-refractivity contribution in [3.8, 4) is 23.0 Å². The largest absolute Gasteiger partial charge is 0.481 e. The number of benzene rings is 2. The Hall–Kier alpha value is -3.83. The Morgan fingerprint density at radius 2 is 1.85 bits per heavy atom. The number of primary amides is 1. The zero-order valence-corrected chi connectivity index (χ0v) is 18.7. The van der Waals surface area contributed by atoms with Crippen LogP contribution in [0.2, 0.25) is 5.02 Å². The van der Waals surface area contributed by atoms with Crippen LogP contribution in [0.3, 0.4) is 0 Å². The van der Waals surface area contributed by atoms with E-state index in [4.69, 9.17) is 17.3 Å². The number of hydrogen-bond acceptors (Lipinski definition) is 5. The highest BCUT2D eigenvalue weighted by Gasteiger charge is 2.27. The van der Waals surface area contributed by atoms with Crippen molar-refractivity contribution in [3.63, 3.8) is 0 Å². The van der Waals surface area contributed by atoms with E-state index >= 15 is 0 Å². The summed E-state index contributed by atoms with van der Waals surface area (Å²) in [5.74, 6) is -1.75. The fourth-order valence-corrected chi connectivity index (χ4v) is 4.37. The number of amides is 1. The Labute approximate surface area is 195 Å². The van der Waals surface area contributed by atoms with Crippen molar-refractivity contribution < 1.29 is 14.7 Å². The molecule has 1 saturated heterocycles. The summed E-state index contributed by atoms with van der Waals surface area (Å²) in [6.07, 6.45) is 1.05. The normalized spacial score (nSPS) is 14.2. The molecular formula is C24H22ClN5O3. The van der Waals surface area contributed by atoms with Gasteiger partial charge in [-0.3, -0.25) is 9.59 Å². The second-order valence-corrected chi connectivity index (χ2v) is 8.44. The van der Waals surface area contributed by atoms with Gasteiger partial charge in [-0.05, 0) is 56.2 Å². The van der Waals surface area contributed by atoms with E-state index in [1.807, 2.05) is 11.0 Å². The van der Waals surface area contributed by atoms with Crippen LogP contribution >= 0.6 is 11.6 Å². The topological polar surface area (TPSA) is 125 Å². The second-order valence-electron chi connectivity index (χ2n) is 8.00. The van der Waals surface area contributed by atoms with Crippen molar-refractivity contribution in [1.29, 1.82) is 5.26 Å². The van der Waals surface area contributed by atoms with Gasteiger partial charge in [0.1, 0.15) is 11.8 Å². The number of anilines is 1. The van der Waals surface area contributed by atoms with E-state index in [-0.39, 0.29) is 11.5 Å². The van der Waals surface area contributed by atoms with Crippen LogP contribution in [-0.4, -0.2) is 39.9 Å². The number of aliphatic carboxylic acids is 1. The quantitative estimate of drug-likeness (QED) is 0.593. The fourth-order valence-electron chi connectivity index (χ4n) is 4.25. The van der Waals surface area contributed by atoms with Gasteiger partial charge in [-0.2, -0.15) is 10.4 Å². The van der Waals surface area contributed by atoms with Crippen molar-refractivity contribution in [2.45, 2.75) is 19.8 Å². The molecular weight excluding hydrogens is 442 g/mol. The van der Waals surface area contributed by atoms with E-state index in [0.717, 1.165) is 11.4 Å². The lowest BCUT2D eigenvalue weighted by molar-refractivity contribution is -0.142. The number of nitriles is 1. The third-order valence-corrected chi connectivity index (χ3v) is 6.26.